The number of nitrogens with zero attached hydrogens (tertiary/aromatic N) is 2. The molecule has 7 heteroatoms. The first-order chi connectivity index (χ1) is 25.2. The molecule has 0 atom stereocenters. The molecule has 0 radical (unpaired) electrons. The van der Waals surface area contributed by atoms with Crippen LogP contribution in [0.2, 0.25) is 0 Å². The van der Waals surface area contributed by atoms with Gasteiger partial charge in [-0.2, -0.15) is 0 Å². The van der Waals surface area contributed by atoms with E-state index >= 15 is 0 Å². The van der Waals surface area contributed by atoms with Crippen LogP contribution >= 0.6 is 9.42 Å². The Hall–Kier alpha value is -5.74. The topological polar surface area (TPSA) is 74.4 Å². The average molecular weight is 762 g/mol. The predicted molar refractivity (Wildman–Crippen MR) is 207 cm³/mol. The van der Waals surface area contributed by atoms with E-state index in [1.54, 1.807) is 0 Å². The summed E-state index contributed by atoms with van der Waals surface area (Å²) in [6.07, 6.45) is 8.54. The zero-order chi connectivity index (χ0) is 34.6. The minimum absolute atomic E-state index is 0.906. The van der Waals surface area contributed by atoms with E-state index in [0.29, 0.717) is 0 Å². The summed E-state index contributed by atoms with van der Waals surface area (Å²) in [6.45, 7) is 0. The van der Waals surface area contributed by atoms with Crippen molar-refractivity contribution in [1.82, 2.24) is 19.9 Å². The first-order valence-electron chi connectivity index (χ1n) is 16.5. The summed E-state index contributed by atoms with van der Waals surface area (Å²) < 4.78 is 8.83. The molecule has 245 valence electrons. The third kappa shape index (κ3) is 6.50. The van der Waals surface area contributed by atoms with Gasteiger partial charge in [-0.1, -0.05) is 121 Å². The van der Waals surface area contributed by atoms with Gasteiger partial charge in [0.15, 0.2) is 0 Å². The van der Waals surface area contributed by atoms with Crippen LogP contribution in [0.1, 0.15) is 22.8 Å². The Morgan fingerprint density at radius 3 is 0.804 bits per heavy atom. The van der Waals surface area contributed by atoms with E-state index < -0.39 is 17.5 Å². The van der Waals surface area contributed by atoms with E-state index in [1.165, 1.54) is 0 Å². The van der Waals surface area contributed by atoms with E-state index in [2.05, 4.69) is 165 Å². The molecule has 51 heavy (non-hydrogen) atoms. The first-order valence-corrected chi connectivity index (χ1v) is 19.9. The molecular formula is C44H30ClMoN4O. The Kier molecular flexibility index (Phi) is 9.31. The van der Waals surface area contributed by atoms with Crippen molar-refractivity contribution in [2.75, 3.05) is 0 Å². The van der Waals surface area contributed by atoms with Crippen LogP contribution in [0, 0.1) is 0 Å². The van der Waals surface area contributed by atoms with Crippen LogP contribution in [-0.4, -0.2) is 19.9 Å². The van der Waals surface area contributed by atoms with Crippen LogP contribution in [-0.2, 0) is 20.9 Å². The van der Waals surface area contributed by atoms with Crippen LogP contribution in [0.4, 0.5) is 0 Å². The van der Waals surface area contributed by atoms with Gasteiger partial charge in [-0.25, -0.2) is 9.97 Å². The molecule has 7 aromatic rings. The number of fused-ring (bicyclic) bond motifs is 8. The normalized spacial score (nSPS) is 11.5. The Bertz CT molecular complexity index is 2250. The van der Waals surface area contributed by atoms with Crippen molar-refractivity contribution >= 4 is 55.8 Å². The second-order valence-corrected chi connectivity index (χ2v) is 13.1. The fraction of sp³-hybridized carbons (Fsp3) is 0. The van der Waals surface area contributed by atoms with Crippen molar-refractivity contribution in [2.45, 2.75) is 0 Å². The SMILES string of the molecule is C1=Cc2nc1c(-c1ccccc1)c1ccc([nH]1)c(-c1ccccc1)c1nc(c(-c3ccccc3)c3ccc([nH]3)c2-c2ccccc2)C=C1.[O]=[Mo][Cl]. The van der Waals surface area contributed by atoms with Gasteiger partial charge in [0.2, 0.25) is 0 Å². The van der Waals surface area contributed by atoms with E-state index in [1.807, 2.05) is 24.3 Å². The van der Waals surface area contributed by atoms with Gasteiger partial charge >= 0.3 is 30.3 Å². The zero-order valence-corrected chi connectivity index (χ0v) is 30.0. The average Bonchev–Trinajstić information content (AvgIpc) is 4.02. The number of hydrogen-bond donors (Lipinski definition) is 2. The van der Waals surface area contributed by atoms with Crippen molar-refractivity contribution in [3.63, 3.8) is 0 Å². The number of benzene rings is 4. The van der Waals surface area contributed by atoms with Gasteiger partial charge in [-0.3, -0.25) is 0 Å². The van der Waals surface area contributed by atoms with Gasteiger partial charge in [0.1, 0.15) is 0 Å². The Labute approximate surface area is 307 Å². The molecule has 2 aliphatic rings. The third-order valence-electron chi connectivity index (χ3n) is 9.00. The molecule has 2 aliphatic heterocycles. The number of aromatic nitrogens is 4. The van der Waals surface area contributed by atoms with Gasteiger partial charge in [0.25, 0.3) is 0 Å². The molecule has 5 nitrogen and oxygen atoms in total. The van der Waals surface area contributed by atoms with Crippen molar-refractivity contribution in [3.8, 4) is 44.5 Å². The van der Waals surface area contributed by atoms with Gasteiger partial charge in [-0.05, 0) is 70.8 Å². The van der Waals surface area contributed by atoms with Gasteiger partial charge in [0, 0.05) is 44.3 Å². The van der Waals surface area contributed by atoms with E-state index in [0.717, 1.165) is 89.4 Å². The molecule has 0 unspecified atom stereocenters. The molecule has 3 aromatic heterocycles. The summed E-state index contributed by atoms with van der Waals surface area (Å²) >= 11 is -1.31. The van der Waals surface area contributed by atoms with Crippen LogP contribution in [0.3, 0.4) is 0 Å². The second kappa shape index (κ2) is 14.6. The molecule has 5 heterocycles. The summed E-state index contributed by atoms with van der Waals surface area (Å²) in [6, 6.07) is 50.7. The van der Waals surface area contributed by atoms with Gasteiger partial charge < -0.3 is 9.97 Å². The molecule has 0 spiro atoms. The fourth-order valence-corrected chi connectivity index (χ4v) is 6.84. The monoisotopic (exact) mass is 763 g/mol. The van der Waals surface area contributed by atoms with Crippen molar-refractivity contribution in [3.05, 3.63) is 168 Å². The third-order valence-corrected chi connectivity index (χ3v) is 9.00. The predicted octanol–water partition coefficient (Wildman–Crippen LogP) is 11.9. The van der Waals surface area contributed by atoms with Crippen molar-refractivity contribution < 1.29 is 20.9 Å². The van der Waals surface area contributed by atoms with Crippen LogP contribution in [0.5, 0.6) is 0 Å². The van der Waals surface area contributed by atoms with Crippen molar-refractivity contribution in [1.29, 1.82) is 0 Å². The number of rotatable bonds is 4. The second-order valence-electron chi connectivity index (χ2n) is 12.0. The van der Waals surface area contributed by atoms with Crippen molar-refractivity contribution in [2.24, 2.45) is 0 Å². The Balaban J connectivity index is 0.00000121. The summed E-state index contributed by atoms with van der Waals surface area (Å²) in [7, 11) is 4.57. The molecule has 0 fully saturated rings. The zero-order valence-electron chi connectivity index (χ0n) is 27.3. The number of nitrogens with one attached hydrogen (secondary N) is 2. The Morgan fingerprint density at radius 2 is 0.588 bits per heavy atom. The first kappa shape index (κ1) is 32.5. The molecule has 0 saturated carbocycles. The molecule has 0 aliphatic carbocycles. The van der Waals surface area contributed by atoms with Crippen LogP contribution < -0.4 is 0 Å². The van der Waals surface area contributed by atoms with E-state index in [4.69, 9.17) is 13.4 Å². The van der Waals surface area contributed by atoms with Gasteiger partial charge in [0.05, 0.1) is 22.8 Å². The molecular weight excluding hydrogens is 732 g/mol. The maximum atomic E-state index is 8.83. The number of halogens is 1. The van der Waals surface area contributed by atoms with Gasteiger partial charge in [-0.15, -0.1) is 0 Å². The standard InChI is InChI=1S/C44H30N4.ClH.Mo.O/c1-5-13-29(14-6-1)41-33-21-23-35(45-33)42(30-15-7-2-8-16-30)37-25-27-39(47-37)44(32-19-11-4-12-20-32)40-28-26-38(48-40)43(31-17-9-3-10-18-31)36-24-22-34(41)46-36;;;/h1-28,45,48H;1H;;/q;;+1;/p-1. The molecule has 9 rings (SSSR count). The Morgan fingerprint density at radius 1 is 0.373 bits per heavy atom. The number of H-pyrrole nitrogens is 2. The van der Waals surface area contributed by atoms with Crippen LogP contribution in [0.15, 0.2) is 146 Å². The number of aromatic amines is 2. The minimum atomic E-state index is -1.31. The molecule has 2 N–H and O–H groups in total. The fourth-order valence-electron chi connectivity index (χ4n) is 6.84. The molecule has 8 bridgehead atoms. The summed E-state index contributed by atoms with van der Waals surface area (Å²) in [5, 5.41) is 0. The maximum absolute atomic E-state index is 8.83. The summed E-state index contributed by atoms with van der Waals surface area (Å²) in [5.41, 5.74) is 16.2. The summed E-state index contributed by atoms with van der Waals surface area (Å²) in [5.74, 6) is 0. The van der Waals surface area contributed by atoms with E-state index in [9.17, 15) is 0 Å². The molecule has 0 saturated heterocycles. The summed E-state index contributed by atoms with van der Waals surface area (Å²) in [4.78, 5) is 18.3. The number of hydrogen-bond acceptors (Lipinski definition) is 3. The molecule has 0 amide bonds. The van der Waals surface area contributed by atoms with E-state index in [-0.39, 0.29) is 0 Å². The quantitative estimate of drug-likeness (QED) is 0.175. The van der Waals surface area contributed by atoms with Crippen LogP contribution in [0.25, 0.3) is 90.9 Å². The molecule has 4 aromatic carbocycles.